The molecule has 3 unspecified atom stereocenters. The van der Waals surface area contributed by atoms with E-state index in [4.69, 9.17) is 4.74 Å². The molecule has 27 heavy (non-hydrogen) atoms. The Morgan fingerprint density at radius 2 is 1.81 bits per heavy atom. The van der Waals surface area contributed by atoms with E-state index in [2.05, 4.69) is 0 Å². The molecule has 0 radical (unpaired) electrons. The van der Waals surface area contributed by atoms with Gasteiger partial charge in [0.25, 0.3) is 0 Å². The molecule has 2 aliphatic heterocycles. The van der Waals surface area contributed by atoms with Crippen molar-refractivity contribution in [3.63, 3.8) is 0 Å². The highest BCUT2D eigenvalue weighted by Crippen LogP contribution is 2.42. The number of hydrogen-bond donors (Lipinski definition) is 3. The van der Waals surface area contributed by atoms with Crippen LogP contribution in [0.4, 0.5) is 4.79 Å². The standard InChI is InChI=1S/C18H28N2O7/c1-3-20-13(22)9-18(16(20)25)4-6-19(7-5-18)17(26)27-12-8-11(21)10(2)14(23)15(12)24/h10-12,14-15,21,23-24H,3-9H2,1-2H3/t10-,11?,12+,14?,15?/m0/s1. The predicted molar refractivity (Wildman–Crippen MR) is 92.3 cm³/mol. The first kappa shape index (κ1) is 20.0. The Kier molecular flexibility index (Phi) is 5.47. The van der Waals surface area contributed by atoms with Gasteiger partial charge in [0.05, 0.1) is 17.6 Å². The molecule has 0 aromatic heterocycles. The lowest BCUT2D eigenvalue weighted by atomic mass is 9.77. The first-order chi connectivity index (χ1) is 12.7. The number of imide groups is 1. The summed E-state index contributed by atoms with van der Waals surface area (Å²) in [7, 11) is 0. The minimum atomic E-state index is -1.25. The second kappa shape index (κ2) is 7.37. The second-order valence-electron chi connectivity index (χ2n) is 7.95. The van der Waals surface area contributed by atoms with Gasteiger partial charge in [-0.05, 0) is 19.8 Å². The number of ether oxygens (including phenoxy) is 1. The number of rotatable bonds is 2. The highest BCUT2D eigenvalue weighted by atomic mass is 16.6. The molecule has 1 saturated carbocycles. The first-order valence-corrected chi connectivity index (χ1v) is 9.54. The van der Waals surface area contributed by atoms with Crippen LogP contribution in [0.25, 0.3) is 0 Å². The van der Waals surface area contributed by atoms with E-state index < -0.39 is 41.8 Å². The molecule has 2 heterocycles. The zero-order chi connectivity index (χ0) is 19.9. The predicted octanol–water partition coefficient (Wildman–Crippen LogP) is -0.525. The van der Waals surface area contributed by atoms with Crippen LogP contribution in [-0.2, 0) is 14.3 Å². The number of aliphatic hydroxyl groups is 3. The number of nitrogens with zero attached hydrogens (tertiary/aromatic N) is 2. The highest BCUT2D eigenvalue weighted by Gasteiger charge is 2.52. The maximum atomic E-state index is 12.5. The van der Waals surface area contributed by atoms with Crippen molar-refractivity contribution in [3.8, 4) is 0 Å². The zero-order valence-corrected chi connectivity index (χ0v) is 15.7. The summed E-state index contributed by atoms with van der Waals surface area (Å²) in [4.78, 5) is 39.7. The van der Waals surface area contributed by atoms with E-state index in [0.29, 0.717) is 19.4 Å². The summed E-state index contributed by atoms with van der Waals surface area (Å²) in [5.41, 5.74) is -0.726. The van der Waals surface area contributed by atoms with E-state index in [9.17, 15) is 29.7 Å². The van der Waals surface area contributed by atoms with Gasteiger partial charge < -0.3 is 25.0 Å². The molecule has 3 aliphatic rings. The number of aliphatic hydroxyl groups excluding tert-OH is 3. The van der Waals surface area contributed by atoms with Crippen molar-refractivity contribution in [1.82, 2.24) is 9.80 Å². The van der Waals surface area contributed by atoms with Gasteiger partial charge in [0.2, 0.25) is 11.8 Å². The van der Waals surface area contributed by atoms with Gasteiger partial charge in [-0.25, -0.2) is 4.79 Å². The van der Waals surface area contributed by atoms with Crippen molar-refractivity contribution in [2.75, 3.05) is 19.6 Å². The lowest BCUT2D eigenvalue weighted by Crippen LogP contribution is -2.54. The van der Waals surface area contributed by atoms with Crippen LogP contribution < -0.4 is 0 Å². The summed E-state index contributed by atoms with van der Waals surface area (Å²) in [6.45, 7) is 4.30. The van der Waals surface area contributed by atoms with Crippen molar-refractivity contribution in [2.45, 2.75) is 63.9 Å². The summed E-state index contributed by atoms with van der Waals surface area (Å²) in [5.74, 6) is -0.830. The Morgan fingerprint density at radius 1 is 1.19 bits per heavy atom. The van der Waals surface area contributed by atoms with Gasteiger partial charge in [-0.3, -0.25) is 14.5 Å². The number of likely N-dealkylation sites (tertiary alicyclic amines) is 2. The Labute approximate surface area is 157 Å². The summed E-state index contributed by atoms with van der Waals surface area (Å²) in [6, 6.07) is 0. The van der Waals surface area contributed by atoms with Gasteiger partial charge in [-0.2, -0.15) is 0 Å². The quantitative estimate of drug-likeness (QED) is 0.546. The molecule has 9 nitrogen and oxygen atoms in total. The first-order valence-electron chi connectivity index (χ1n) is 9.54. The molecule has 1 aliphatic carbocycles. The third-order valence-electron chi connectivity index (χ3n) is 6.39. The molecule has 152 valence electrons. The number of hydrogen-bond acceptors (Lipinski definition) is 7. The van der Waals surface area contributed by atoms with Crippen molar-refractivity contribution in [3.05, 3.63) is 0 Å². The van der Waals surface area contributed by atoms with Crippen molar-refractivity contribution >= 4 is 17.9 Å². The zero-order valence-electron chi connectivity index (χ0n) is 15.7. The van der Waals surface area contributed by atoms with Gasteiger partial charge in [-0.1, -0.05) is 6.92 Å². The molecule has 3 rings (SSSR count). The lowest BCUT2D eigenvalue weighted by Gasteiger charge is -2.41. The minimum Gasteiger partial charge on any atom is -0.443 e. The van der Waals surface area contributed by atoms with Crippen LogP contribution in [0.15, 0.2) is 0 Å². The topological polar surface area (TPSA) is 128 Å². The van der Waals surface area contributed by atoms with Crippen molar-refractivity contribution < 1.29 is 34.4 Å². The monoisotopic (exact) mass is 384 g/mol. The van der Waals surface area contributed by atoms with E-state index in [1.54, 1.807) is 13.8 Å². The Hall–Kier alpha value is -1.71. The van der Waals surface area contributed by atoms with Crippen LogP contribution in [0.2, 0.25) is 0 Å². The molecule has 9 heteroatoms. The average Bonchev–Trinajstić information content (AvgIpc) is 2.87. The van der Waals surface area contributed by atoms with Gasteiger partial charge in [0, 0.05) is 38.4 Å². The number of amides is 3. The van der Waals surface area contributed by atoms with E-state index in [0.717, 1.165) is 0 Å². The van der Waals surface area contributed by atoms with Crippen LogP contribution in [0.1, 0.15) is 39.5 Å². The van der Waals surface area contributed by atoms with Crippen LogP contribution in [0.5, 0.6) is 0 Å². The molecule has 3 fully saturated rings. The fourth-order valence-electron chi connectivity index (χ4n) is 4.36. The highest BCUT2D eigenvalue weighted by molar-refractivity contribution is 6.06. The Bertz CT molecular complexity index is 617. The summed E-state index contributed by atoms with van der Waals surface area (Å²) in [6.07, 6.45) is -3.91. The third kappa shape index (κ3) is 3.43. The molecular weight excluding hydrogens is 356 g/mol. The normalized spacial score (nSPS) is 36.4. The average molecular weight is 384 g/mol. The van der Waals surface area contributed by atoms with Crippen LogP contribution in [0, 0.1) is 11.3 Å². The number of carbonyl (C=O) groups excluding carboxylic acids is 3. The summed E-state index contributed by atoms with van der Waals surface area (Å²) >= 11 is 0. The van der Waals surface area contributed by atoms with Gasteiger partial charge in [-0.15, -0.1) is 0 Å². The van der Waals surface area contributed by atoms with Crippen LogP contribution in [0.3, 0.4) is 0 Å². The molecule has 3 N–H and O–H groups in total. The molecule has 0 aromatic rings. The Morgan fingerprint density at radius 3 is 2.37 bits per heavy atom. The number of piperidine rings is 1. The fraction of sp³-hybridized carbons (Fsp3) is 0.833. The van der Waals surface area contributed by atoms with E-state index in [-0.39, 0.29) is 37.7 Å². The molecule has 1 spiro atoms. The maximum Gasteiger partial charge on any atom is 0.410 e. The molecule has 0 aromatic carbocycles. The van der Waals surface area contributed by atoms with Crippen LogP contribution in [-0.4, -0.2) is 87.1 Å². The molecule has 5 atom stereocenters. The molecule has 0 bridgehead atoms. The van der Waals surface area contributed by atoms with E-state index in [1.807, 2.05) is 0 Å². The summed E-state index contributed by atoms with van der Waals surface area (Å²) in [5, 5.41) is 30.0. The molecular formula is C18H28N2O7. The largest absolute Gasteiger partial charge is 0.443 e. The minimum absolute atomic E-state index is 0.0569. The van der Waals surface area contributed by atoms with Crippen LogP contribution >= 0.6 is 0 Å². The van der Waals surface area contributed by atoms with Crippen molar-refractivity contribution in [2.24, 2.45) is 11.3 Å². The fourth-order valence-corrected chi connectivity index (χ4v) is 4.36. The number of carbonyl (C=O) groups is 3. The second-order valence-corrected chi connectivity index (χ2v) is 7.95. The van der Waals surface area contributed by atoms with Gasteiger partial charge >= 0.3 is 6.09 Å². The Balaban J connectivity index is 1.58. The lowest BCUT2D eigenvalue weighted by molar-refractivity contribution is -0.150. The third-order valence-corrected chi connectivity index (χ3v) is 6.39. The smallest absolute Gasteiger partial charge is 0.410 e. The van der Waals surface area contributed by atoms with Gasteiger partial charge in [0.1, 0.15) is 12.2 Å². The molecule has 3 amide bonds. The van der Waals surface area contributed by atoms with E-state index in [1.165, 1.54) is 9.80 Å². The molecule has 2 saturated heterocycles. The van der Waals surface area contributed by atoms with E-state index >= 15 is 0 Å². The SMILES string of the molecule is CCN1C(=O)CC2(CCN(C(=O)O[C@@H]3CC(O)[C@H](C)C(O)C3O)CC2)C1=O. The summed E-state index contributed by atoms with van der Waals surface area (Å²) < 4.78 is 5.33. The van der Waals surface area contributed by atoms with Gasteiger partial charge in [0.15, 0.2) is 0 Å². The maximum absolute atomic E-state index is 12.5. The van der Waals surface area contributed by atoms with Crippen molar-refractivity contribution in [1.29, 1.82) is 0 Å².